The fourth-order valence-corrected chi connectivity index (χ4v) is 4.75. The van der Waals surface area contributed by atoms with Crippen LogP contribution in [-0.4, -0.2) is 63.6 Å². The maximum absolute atomic E-state index is 12.7. The molecule has 28 heavy (non-hydrogen) atoms. The molecule has 0 aromatic heterocycles. The minimum absolute atomic E-state index is 0.0873. The zero-order valence-electron chi connectivity index (χ0n) is 15.9. The SMILES string of the molecule is COc1ccc(Cl)cc1N1CC(C(=O)NC2CCCN(S(C)(=O)=O)C2)CC1=O. The van der Waals surface area contributed by atoms with Gasteiger partial charge in [0.05, 0.1) is 25.0 Å². The summed E-state index contributed by atoms with van der Waals surface area (Å²) in [6, 6.07) is 4.75. The van der Waals surface area contributed by atoms with Gasteiger partial charge in [0.1, 0.15) is 5.75 Å². The molecule has 2 fully saturated rings. The van der Waals surface area contributed by atoms with E-state index in [4.69, 9.17) is 16.3 Å². The topological polar surface area (TPSA) is 96.0 Å². The fraction of sp³-hybridized carbons (Fsp3) is 0.556. The number of nitrogens with zero attached hydrogens (tertiary/aromatic N) is 2. The number of anilines is 1. The van der Waals surface area contributed by atoms with Crippen molar-refractivity contribution in [3.63, 3.8) is 0 Å². The molecular formula is C18H24ClN3O5S. The van der Waals surface area contributed by atoms with Crippen LogP contribution in [0.25, 0.3) is 0 Å². The Balaban J connectivity index is 1.67. The van der Waals surface area contributed by atoms with Crippen LogP contribution in [0.15, 0.2) is 18.2 Å². The molecule has 8 nitrogen and oxygen atoms in total. The molecule has 0 spiro atoms. The lowest BCUT2D eigenvalue weighted by Crippen LogP contribution is -2.50. The van der Waals surface area contributed by atoms with Gasteiger partial charge in [0.15, 0.2) is 0 Å². The van der Waals surface area contributed by atoms with E-state index in [0.717, 1.165) is 0 Å². The van der Waals surface area contributed by atoms with Gasteiger partial charge in [-0.25, -0.2) is 12.7 Å². The number of amides is 2. The summed E-state index contributed by atoms with van der Waals surface area (Å²) in [6.45, 7) is 0.955. The average molecular weight is 430 g/mol. The Hall–Kier alpha value is -1.84. The number of carbonyl (C=O) groups excluding carboxylic acids is 2. The van der Waals surface area contributed by atoms with E-state index in [9.17, 15) is 18.0 Å². The van der Waals surface area contributed by atoms with Gasteiger partial charge in [-0.3, -0.25) is 9.59 Å². The van der Waals surface area contributed by atoms with Crippen LogP contribution in [0.2, 0.25) is 5.02 Å². The summed E-state index contributed by atoms with van der Waals surface area (Å²) in [5.74, 6) is -0.418. The van der Waals surface area contributed by atoms with Crippen LogP contribution in [0.1, 0.15) is 19.3 Å². The zero-order chi connectivity index (χ0) is 20.5. The number of nitrogens with one attached hydrogen (secondary N) is 1. The van der Waals surface area contributed by atoms with Gasteiger partial charge in [0.2, 0.25) is 21.8 Å². The third-order valence-electron chi connectivity index (χ3n) is 5.13. The smallest absolute Gasteiger partial charge is 0.227 e. The number of benzene rings is 1. The number of carbonyl (C=O) groups is 2. The van der Waals surface area contributed by atoms with Crippen molar-refractivity contribution in [2.45, 2.75) is 25.3 Å². The summed E-state index contributed by atoms with van der Waals surface area (Å²) >= 11 is 6.05. The molecule has 1 N–H and O–H groups in total. The molecular weight excluding hydrogens is 406 g/mol. The lowest BCUT2D eigenvalue weighted by atomic mass is 10.0. The summed E-state index contributed by atoms with van der Waals surface area (Å²) in [5.41, 5.74) is 0.538. The highest BCUT2D eigenvalue weighted by molar-refractivity contribution is 7.88. The minimum atomic E-state index is -3.29. The van der Waals surface area contributed by atoms with Gasteiger partial charge in [0.25, 0.3) is 0 Å². The number of rotatable bonds is 5. The van der Waals surface area contributed by atoms with E-state index >= 15 is 0 Å². The monoisotopic (exact) mass is 429 g/mol. The Labute approximate surface area is 169 Å². The van der Waals surface area contributed by atoms with Crippen molar-refractivity contribution >= 4 is 39.1 Å². The molecule has 154 valence electrons. The summed E-state index contributed by atoms with van der Waals surface area (Å²) in [7, 11) is -1.78. The Morgan fingerprint density at radius 1 is 1.32 bits per heavy atom. The highest BCUT2D eigenvalue weighted by Gasteiger charge is 2.37. The van der Waals surface area contributed by atoms with E-state index in [1.54, 1.807) is 18.2 Å². The molecule has 2 unspecified atom stereocenters. The Morgan fingerprint density at radius 3 is 2.75 bits per heavy atom. The minimum Gasteiger partial charge on any atom is -0.495 e. The number of halogens is 1. The third kappa shape index (κ3) is 4.59. The molecule has 0 saturated carbocycles. The third-order valence-corrected chi connectivity index (χ3v) is 6.63. The van der Waals surface area contributed by atoms with Crippen LogP contribution >= 0.6 is 11.6 Å². The van der Waals surface area contributed by atoms with Crippen LogP contribution in [0.3, 0.4) is 0 Å². The summed E-state index contributed by atoms with van der Waals surface area (Å²) < 4.78 is 30.2. The van der Waals surface area contributed by atoms with Gasteiger partial charge in [-0.15, -0.1) is 0 Å². The number of sulfonamides is 1. The van der Waals surface area contributed by atoms with Crippen LogP contribution in [-0.2, 0) is 19.6 Å². The highest BCUT2D eigenvalue weighted by atomic mass is 35.5. The zero-order valence-corrected chi connectivity index (χ0v) is 17.4. The number of hydrogen-bond donors (Lipinski definition) is 1. The summed E-state index contributed by atoms with van der Waals surface area (Å²) in [6.07, 6.45) is 2.66. The van der Waals surface area contributed by atoms with Crippen molar-refractivity contribution in [2.75, 3.05) is 37.9 Å². The standard InChI is InChI=1S/C18H24ClN3O5S/c1-27-16-6-5-13(19)9-15(16)22-10-12(8-17(22)23)18(24)20-14-4-3-7-21(11-14)28(2,25)26/h5-6,9,12,14H,3-4,7-8,10-11H2,1-2H3,(H,20,24). The molecule has 2 saturated heterocycles. The number of methoxy groups -OCH3 is 1. The van der Waals surface area contributed by atoms with Crippen LogP contribution in [0.5, 0.6) is 5.75 Å². The molecule has 1 aromatic carbocycles. The van der Waals surface area contributed by atoms with Crippen molar-refractivity contribution in [1.29, 1.82) is 0 Å². The summed E-state index contributed by atoms with van der Waals surface area (Å²) in [4.78, 5) is 26.7. The highest BCUT2D eigenvalue weighted by Crippen LogP contribution is 2.35. The molecule has 2 heterocycles. The average Bonchev–Trinajstić information content (AvgIpc) is 3.03. The normalized spacial score (nSPS) is 23.7. The first-order chi connectivity index (χ1) is 13.2. The van der Waals surface area contributed by atoms with Gasteiger partial charge < -0.3 is 15.0 Å². The maximum Gasteiger partial charge on any atom is 0.227 e. The van der Waals surface area contributed by atoms with Crippen molar-refractivity contribution in [2.24, 2.45) is 5.92 Å². The molecule has 2 atom stereocenters. The molecule has 0 radical (unpaired) electrons. The Kier molecular flexibility index (Phi) is 6.16. The quantitative estimate of drug-likeness (QED) is 0.759. The lowest BCUT2D eigenvalue weighted by Gasteiger charge is -2.32. The predicted molar refractivity (Wildman–Crippen MR) is 106 cm³/mol. The van der Waals surface area contributed by atoms with Crippen LogP contribution in [0, 0.1) is 5.92 Å². The van der Waals surface area contributed by atoms with Gasteiger partial charge in [-0.1, -0.05) is 11.6 Å². The Morgan fingerprint density at radius 2 is 2.07 bits per heavy atom. The van der Waals surface area contributed by atoms with Crippen LogP contribution < -0.4 is 15.0 Å². The first kappa shape index (κ1) is 20.9. The molecule has 10 heteroatoms. The number of hydrogen-bond acceptors (Lipinski definition) is 5. The van der Waals surface area contributed by atoms with E-state index in [1.807, 2.05) is 0 Å². The second kappa shape index (κ2) is 8.26. The van der Waals surface area contributed by atoms with E-state index < -0.39 is 15.9 Å². The van der Waals surface area contributed by atoms with E-state index in [1.165, 1.54) is 22.6 Å². The molecule has 0 bridgehead atoms. The van der Waals surface area contributed by atoms with Crippen molar-refractivity contribution in [1.82, 2.24) is 9.62 Å². The van der Waals surface area contributed by atoms with Gasteiger partial charge >= 0.3 is 0 Å². The van der Waals surface area contributed by atoms with E-state index in [-0.39, 0.29) is 37.4 Å². The maximum atomic E-state index is 12.7. The second-order valence-electron chi connectivity index (χ2n) is 7.19. The predicted octanol–water partition coefficient (Wildman–Crippen LogP) is 1.24. The van der Waals surface area contributed by atoms with Gasteiger partial charge in [-0.2, -0.15) is 0 Å². The largest absolute Gasteiger partial charge is 0.495 e. The fourth-order valence-electron chi connectivity index (χ4n) is 3.67. The van der Waals surface area contributed by atoms with Gasteiger partial charge in [0, 0.05) is 37.1 Å². The first-order valence-corrected chi connectivity index (χ1v) is 11.3. The van der Waals surface area contributed by atoms with Gasteiger partial charge in [-0.05, 0) is 31.0 Å². The summed E-state index contributed by atoms with van der Waals surface area (Å²) in [5, 5.41) is 3.39. The van der Waals surface area contributed by atoms with Crippen molar-refractivity contribution < 1.29 is 22.7 Å². The van der Waals surface area contributed by atoms with Crippen LogP contribution in [0.4, 0.5) is 5.69 Å². The molecule has 2 amide bonds. The van der Waals surface area contributed by atoms with Crippen molar-refractivity contribution in [3.05, 3.63) is 23.2 Å². The second-order valence-corrected chi connectivity index (χ2v) is 9.61. The van der Waals surface area contributed by atoms with Crippen molar-refractivity contribution in [3.8, 4) is 5.75 Å². The first-order valence-electron chi connectivity index (χ1n) is 9.08. The molecule has 0 aliphatic carbocycles. The number of piperidine rings is 1. The molecule has 2 aliphatic heterocycles. The Bertz CT molecular complexity index is 876. The lowest BCUT2D eigenvalue weighted by molar-refractivity contribution is -0.127. The van der Waals surface area contributed by atoms with E-state index in [2.05, 4.69) is 5.32 Å². The molecule has 2 aliphatic rings. The molecule has 3 rings (SSSR count). The number of ether oxygens (including phenoxy) is 1. The molecule has 1 aromatic rings. The van der Waals surface area contributed by atoms with E-state index in [0.29, 0.717) is 35.8 Å².